The molecule has 0 bridgehead atoms. The van der Waals surface area contributed by atoms with E-state index in [2.05, 4.69) is 30.7 Å². The average Bonchev–Trinajstić information content (AvgIpc) is 3.51. The van der Waals surface area contributed by atoms with E-state index in [-0.39, 0.29) is 23.4 Å². The second kappa shape index (κ2) is 9.37. The molecule has 11 nitrogen and oxygen atoms in total. The fourth-order valence-corrected chi connectivity index (χ4v) is 3.65. The van der Waals surface area contributed by atoms with Crippen molar-refractivity contribution in [3.05, 3.63) is 66.6 Å². The number of aromatic nitrogens is 5. The first kappa shape index (κ1) is 22.8. The second-order valence-electron chi connectivity index (χ2n) is 8.19. The Morgan fingerprint density at radius 3 is 2.64 bits per heavy atom. The van der Waals surface area contributed by atoms with Gasteiger partial charge < -0.3 is 24.9 Å². The minimum atomic E-state index is -1.18. The minimum absolute atomic E-state index is 0.0873. The summed E-state index contributed by atoms with van der Waals surface area (Å²) in [6.07, 6.45) is 4.71. The summed E-state index contributed by atoms with van der Waals surface area (Å²) in [5, 5.41) is 20.1. The molecule has 3 heterocycles. The quantitative estimate of drug-likeness (QED) is 0.267. The number of aromatic carboxylic acids is 1. The van der Waals surface area contributed by atoms with E-state index in [1.165, 1.54) is 13.3 Å². The van der Waals surface area contributed by atoms with E-state index in [0.29, 0.717) is 39.7 Å². The van der Waals surface area contributed by atoms with Crippen LogP contribution in [-0.4, -0.2) is 42.9 Å². The lowest BCUT2D eigenvalue weighted by Gasteiger charge is -2.15. The molecule has 2 aromatic carbocycles. The van der Waals surface area contributed by atoms with Gasteiger partial charge in [-0.1, -0.05) is 18.2 Å². The van der Waals surface area contributed by atoms with Gasteiger partial charge in [0.05, 0.1) is 30.2 Å². The monoisotopic (exact) mass is 485 g/mol. The van der Waals surface area contributed by atoms with Crippen molar-refractivity contribution >= 4 is 40.2 Å². The van der Waals surface area contributed by atoms with Gasteiger partial charge in [0, 0.05) is 18.4 Å². The molecule has 0 saturated carbocycles. The number of rotatable bonds is 8. The van der Waals surface area contributed by atoms with Crippen LogP contribution in [0.5, 0.6) is 5.75 Å². The van der Waals surface area contributed by atoms with Crippen molar-refractivity contribution in [2.75, 3.05) is 17.7 Å². The Hall–Kier alpha value is -4.93. The maximum Gasteiger partial charge on any atom is 0.341 e. The number of oxazole rings is 1. The topological polar surface area (TPSA) is 140 Å². The first-order chi connectivity index (χ1) is 17.4. The van der Waals surface area contributed by atoms with Crippen molar-refractivity contribution in [3.8, 4) is 17.2 Å². The lowest BCUT2D eigenvalue weighted by atomic mass is 10.1. The molecule has 0 saturated heterocycles. The number of nitrogens with zero attached hydrogens (tertiary/aromatic N) is 5. The lowest BCUT2D eigenvalue weighted by molar-refractivity contribution is 0.0697. The molecular weight excluding hydrogens is 462 g/mol. The van der Waals surface area contributed by atoms with E-state index < -0.39 is 5.97 Å². The third-order valence-corrected chi connectivity index (χ3v) is 5.40. The van der Waals surface area contributed by atoms with Gasteiger partial charge >= 0.3 is 5.97 Å². The van der Waals surface area contributed by atoms with Crippen molar-refractivity contribution < 1.29 is 19.1 Å². The van der Waals surface area contributed by atoms with Gasteiger partial charge in [0.15, 0.2) is 17.2 Å². The first-order valence-electron chi connectivity index (χ1n) is 11.1. The lowest BCUT2D eigenvalue weighted by Crippen LogP contribution is -2.09. The Labute approximate surface area is 205 Å². The number of fused-ring (bicyclic) bond motifs is 1. The van der Waals surface area contributed by atoms with Crippen LogP contribution in [0, 0.1) is 0 Å². The molecule has 11 heteroatoms. The maximum absolute atomic E-state index is 11.9. The van der Waals surface area contributed by atoms with Crippen LogP contribution in [0.25, 0.3) is 22.6 Å². The summed E-state index contributed by atoms with van der Waals surface area (Å²) in [4.78, 5) is 25.0. The zero-order chi connectivity index (χ0) is 25.2. The standard InChI is InChI=1S/C25H23N7O4/c1-14(2)32-13-15(11-27-32)28-25-26-12-17(24(33)34)22(31-25)29-19-9-6-7-16(21(19)35-3)23-30-18-8-4-5-10-20(18)36-23/h4-14H,1-3H3,(H,33,34)(H2,26,28,29,31). The Bertz CT molecular complexity index is 1520. The number of anilines is 4. The van der Waals surface area contributed by atoms with E-state index >= 15 is 0 Å². The molecule has 5 rings (SSSR count). The molecular formula is C25H23N7O4. The summed E-state index contributed by atoms with van der Waals surface area (Å²) in [6.45, 7) is 4.03. The number of carbonyl (C=O) groups is 1. The summed E-state index contributed by atoms with van der Waals surface area (Å²) in [5.74, 6) is -0.0796. The van der Waals surface area contributed by atoms with Crippen LogP contribution in [0.1, 0.15) is 30.2 Å². The van der Waals surface area contributed by atoms with E-state index in [1.54, 1.807) is 23.0 Å². The Balaban J connectivity index is 1.51. The summed E-state index contributed by atoms with van der Waals surface area (Å²) in [5.41, 5.74) is 3.02. The molecule has 0 amide bonds. The zero-order valence-electron chi connectivity index (χ0n) is 19.8. The summed E-state index contributed by atoms with van der Waals surface area (Å²) < 4.78 is 13.4. The molecule has 0 aliphatic heterocycles. The van der Waals surface area contributed by atoms with Crippen molar-refractivity contribution in [1.29, 1.82) is 0 Å². The number of benzene rings is 2. The molecule has 0 aliphatic carbocycles. The van der Waals surface area contributed by atoms with Crippen LogP contribution in [0.2, 0.25) is 0 Å². The van der Waals surface area contributed by atoms with Crippen LogP contribution in [-0.2, 0) is 0 Å². The van der Waals surface area contributed by atoms with Crippen LogP contribution in [0.3, 0.4) is 0 Å². The van der Waals surface area contributed by atoms with Gasteiger partial charge in [-0.25, -0.2) is 14.8 Å². The van der Waals surface area contributed by atoms with Crippen molar-refractivity contribution in [2.45, 2.75) is 19.9 Å². The highest BCUT2D eigenvalue weighted by atomic mass is 16.5. The zero-order valence-corrected chi connectivity index (χ0v) is 19.8. The highest BCUT2D eigenvalue weighted by Crippen LogP contribution is 2.38. The molecule has 3 N–H and O–H groups in total. The average molecular weight is 486 g/mol. The van der Waals surface area contributed by atoms with E-state index in [1.807, 2.05) is 50.4 Å². The van der Waals surface area contributed by atoms with Gasteiger partial charge in [-0.2, -0.15) is 10.1 Å². The number of hydrogen-bond acceptors (Lipinski definition) is 9. The van der Waals surface area contributed by atoms with Gasteiger partial charge in [-0.05, 0) is 38.1 Å². The molecule has 36 heavy (non-hydrogen) atoms. The molecule has 5 aromatic rings. The van der Waals surface area contributed by atoms with Crippen LogP contribution >= 0.6 is 0 Å². The highest BCUT2D eigenvalue weighted by molar-refractivity contribution is 5.94. The number of para-hydroxylation sites is 3. The summed E-state index contributed by atoms with van der Waals surface area (Å²) >= 11 is 0. The number of hydrogen-bond donors (Lipinski definition) is 3. The van der Waals surface area contributed by atoms with Crippen molar-refractivity contribution in [1.82, 2.24) is 24.7 Å². The third kappa shape index (κ3) is 4.41. The van der Waals surface area contributed by atoms with Gasteiger partial charge in [0.2, 0.25) is 11.8 Å². The number of carboxylic acids is 1. The molecule has 182 valence electrons. The number of methoxy groups -OCH3 is 1. The van der Waals surface area contributed by atoms with Gasteiger partial charge in [-0.15, -0.1) is 0 Å². The second-order valence-corrected chi connectivity index (χ2v) is 8.19. The fraction of sp³-hybridized carbons (Fsp3) is 0.160. The van der Waals surface area contributed by atoms with E-state index in [9.17, 15) is 9.90 Å². The molecule has 0 aliphatic rings. The molecule has 0 radical (unpaired) electrons. The van der Waals surface area contributed by atoms with Crippen LogP contribution in [0.15, 0.2) is 65.5 Å². The molecule has 0 fully saturated rings. The molecule has 0 atom stereocenters. The SMILES string of the molecule is COc1c(Nc2nc(Nc3cnn(C(C)C)c3)ncc2C(=O)O)cccc1-c1nc2ccccc2o1. The number of ether oxygens (including phenoxy) is 1. The summed E-state index contributed by atoms with van der Waals surface area (Å²) in [7, 11) is 1.52. The molecule has 0 unspecified atom stereocenters. The van der Waals surface area contributed by atoms with Gasteiger partial charge in [-0.3, -0.25) is 4.68 Å². The largest absolute Gasteiger partial charge is 0.494 e. The Morgan fingerprint density at radius 2 is 1.92 bits per heavy atom. The Morgan fingerprint density at radius 1 is 1.08 bits per heavy atom. The normalized spacial score (nSPS) is 11.1. The number of carboxylic acid groups (broad SMARTS) is 1. The van der Waals surface area contributed by atoms with Crippen LogP contribution in [0.4, 0.5) is 23.1 Å². The predicted molar refractivity (Wildman–Crippen MR) is 134 cm³/mol. The Kier molecular flexibility index (Phi) is 5.95. The van der Waals surface area contributed by atoms with Crippen molar-refractivity contribution in [2.24, 2.45) is 0 Å². The smallest absolute Gasteiger partial charge is 0.341 e. The van der Waals surface area contributed by atoms with E-state index in [0.717, 1.165) is 0 Å². The van der Waals surface area contributed by atoms with Crippen LogP contribution < -0.4 is 15.4 Å². The van der Waals surface area contributed by atoms with Crippen molar-refractivity contribution in [3.63, 3.8) is 0 Å². The summed E-state index contributed by atoms with van der Waals surface area (Å²) in [6, 6.07) is 13.0. The predicted octanol–water partition coefficient (Wildman–Crippen LogP) is 5.26. The highest BCUT2D eigenvalue weighted by Gasteiger charge is 2.20. The minimum Gasteiger partial charge on any atom is -0.494 e. The third-order valence-electron chi connectivity index (χ3n) is 5.40. The fourth-order valence-electron chi connectivity index (χ4n) is 3.65. The maximum atomic E-state index is 11.9. The first-order valence-corrected chi connectivity index (χ1v) is 11.1. The van der Waals surface area contributed by atoms with Gasteiger partial charge in [0.1, 0.15) is 11.1 Å². The molecule has 0 spiro atoms. The van der Waals surface area contributed by atoms with Gasteiger partial charge in [0.25, 0.3) is 0 Å². The molecule has 3 aromatic heterocycles. The number of nitrogens with one attached hydrogen (secondary N) is 2. The van der Waals surface area contributed by atoms with E-state index in [4.69, 9.17) is 9.15 Å².